The maximum Gasteiger partial charge on any atom is 0.192 e. The van der Waals surface area contributed by atoms with E-state index < -0.39 is 8.32 Å². The second-order valence-electron chi connectivity index (χ2n) is 6.59. The van der Waals surface area contributed by atoms with E-state index in [-0.39, 0.29) is 24.4 Å². The van der Waals surface area contributed by atoms with Crippen LogP contribution in [0.15, 0.2) is 12.2 Å². The Morgan fingerprint density at radius 1 is 1.13 bits per heavy atom. The van der Waals surface area contributed by atoms with Crippen molar-refractivity contribution in [3.8, 4) is 0 Å². The van der Waals surface area contributed by atoms with Crippen molar-refractivity contribution in [3.05, 3.63) is 12.2 Å². The zero-order valence-electron chi connectivity index (χ0n) is 16.1. The smallest absolute Gasteiger partial charge is 0.192 e. The van der Waals surface area contributed by atoms with Gasteiger partial charge in [-0.1, -0.05) is 46.8 Å². The largest absolute Gasteiger partial charge is 0.413 e. The minimum atomic E-state index is -1.80. The highest BCUT2D eigenvalue weighted by Gasteiger charge is 2.42. The van der Waals surface area contributed by atoms with Gasteiger partial charge in [-0.25, -0.2) is 0 Å². The van der Waals surface area contributed by atoms with Gasteiger partial charge in [0.25, 0.3) is 0 Å². The Balaban J connectivity index is 5.46. The highest BCUT2D eigenvalue weighted by molar-refractivity contribution is 6.73. The summed E-state index contributed by atoms with van der Waals surface area (Å²) in [5.74, 6) is 0. The van der Waals surface area contributed by atoms with Gasteiger partial charge in [-0.15, -0.1) is 0 Å². The number of hydrogen-bond acceptors (Lipinski definition) is 4. The third kappa shape index (κ3) is 6.49. The Labute approximate surface area is 143 Å². The molecule has 0 aromatic carbocycles. The fraction of sp³-hybridized carbons (Fsp3) is 0.833. The van der Waals surface area contributed by atoms with Crippen LogP contribution in [0.25, 0.3) is 0 Å². The van der Waals surface area contributed by atoms with Gasteiger partial charge in [-0.3, -0.25) is 0 Å². The third-order valence-electron chi connectivity index (χ3n) is 4.93. The molecule has 0 saturated carbocycles. The Bertz CT molecular complexity index is 343. The molecule has 0 unspecified atom stereocenters. The van der Waals surface area contributed by atoms with Crippen LogP contribution in [0.2, 0.25) is 18.1 Å². The van der Waals surface area contributed by atoms with Gasteiger partial charge in [-0.2, -0.15) is 0 Å². The maximum absolute atomic E-state index is 11.3. The summed E-state index contributed by atoms with van der Waals surface area (Å²) in [6, 6.07) is 3.20. The number of hydrogen-bond donors (Lipinski definition) is 0. The minimum absolute atomic E-state index is 0.149. The van der Waals surface area contributed by atoms with Crippen molar-refractivity contribution in [1.29, 1.82) is 0 Å². The van der Waals surface area contributed by atoms with Gasteiger partial charge in [0.15, 0.2) is 8.32 Å². The van der Waals surface area contributed by atoms with Crippen molar-refractivity contribution in [2.45, 2.75) is 78.3 Å². The fourth-order valence-electron chi connectivity index (χ4n) is 2.91. The molecule has 0 aliphatic carbocycles. The zero-order valence-corrected chi connectivity index (χ0v) is 17.1. The highest BCUT2D eigenvalue weighted by atomic mass is 28.4. The molecule has 23 heavy (non-hydrogen) atoms. The number of rotatable bonds is 13. The quantitative estimate of drug-likeness (QED) is 0.213. The number of aldehydes is 1. The molecule has 2 atom stereocenters. The summed E-state index contributed by atoms with van der Waals surface area (Å²) in [7, 11) is -0.184. The molecule has 136 valence electrons. The summed E-state index contributed by atoms with van der Waals surface area (Å²) in [6.45, 7) is 13.0. The van der Waals surface area contributed by atoms with Gasteiger partial charge in [0, 0.05) is 18.9 Å². The SMILES string of the molecule is C/C=C/[C@@H](OCOC)C(C)(C)[C@H](CC=O)O[Si](CC)(CC)CC. The van der Waals surface area contributed by atoms with E-state index >= 15 is 0 Å². The fourth-order valence-corrected chi connectivity index (χ4v) is 5.91. The van der Waals surface area contributed by atoms with Crippen molar-refractivity contribution in [3.63, 3.8) is 0 Å². The van der Waals surface area contributed by atoms with Gasteiger partial charge in [0.1, 0.15) is 13.1 Å². The average Bonchev–Trinajstić information content (AvgIpc) is 2.55. The van der Waals surface area contributed by atoms with Crippen LogP contribution >= 0.6 is 0 Å². The number of allylic oxidation sites excluding steroid dienone is 1. The first-order valence-corrected chi connectivity index (χ1v) is 11.2. The lowest BCUT2D eigenvalue weighted by molar-refractivity contribution is -0.125. The zero-order chi connectivity index (χ0) is 17.9. The molecule has 0 aliphatic rings. The van der Waals surface area contributed by atoms with E-state index in [4.69, 9.17) is 13.9 Å². The molecule has 0 rings (SSSR count). The highest BCUT2D eigenvalue weighted by Crippen LogP contribution is 2.36. The lowest BCUT2D eigenvalue weighted by Gasteiger charge is -2.43. The first-order chi connectivity index (χ1) is 10.9. The molecule has 0 N–H and O–H groups in total. The average molecular weight is 345 g/mol. The Kier molecular flexibility index (Phi) is 10.9. The van der Waals surface area contributed by atoms with Crippen LogP contribution in [0, 0.1) is 5.41 Å². The molecular formula is C18H36O4Si. The molecule has 0 aromatic heterocycles. The van der Waals surface area contributed by atoms with Crippen LogP contribution < -0.4 is 0 Å². The molecule has 5 heteroatoms. The van der Waals surface area contributed by atoms with Crippen molar-refractivity contribution in [2.24, 2.45) is 5.41 Å². The van der Waals surface area contributed by atoms with Crippen molar-refractivity contribution >= 4 is 14.6 Å². The van der Waals surface area contributed by atoms with Crippen LogP contribution in [0.3, 0.4) is 0 Å². The van der Waals surface area contributed by atoms with Crippen LogP contribution in [0.5, 0.6) is 0 Å². The van der Waals surface area contributed by atoms with Gasteiger partial charge >= 0.3 is 0 Å². The molecule has 0 aliphatic heterocycles. The molecule has 0 aromatic rings. The second kappa shape index (κ2) is 11.1. The van der Waals surface area contributed by atoms with Crippen LogP contribution in [-0.4, -0.2) is 40.7 Å². The molecular weight excluding hydrogens is 308 g/mol. The van der Waals surface area contributed by atoms with Gasteiger partial charge in [0.05, 0.1) is 12.2 Å². The van der Waals surface area contributed by atoms with Gasteiger partial charge < -0.3 is 18.7 Å². The lowest BCUT2D eigenvalue weighted by atomic mass is 9.79. The Hall–Kier alpha value is -0.493. The normalized spacial score (nSPS) is 15.8. The minimum Gasteiger partial charge on any atom is -0.413 e. The van der Waals surface area contributed by atoms with E-state index in [2.05, 4.69) is 34.6 Å². The van der Waals surface area contributed by atoms with Crippen LogP contribution in [0.4, 0.5) is 0 Å². The van der Waals surface area contributed by atoms with Crippen molar-refractivity contribution < 1.29 is 18.7 Å². The predicted molar refractivity (Wildman–Crippen MR) is 98.1 cm³/mol. The first kappa shape index (κ1) is 22.5. The number of carbonyl (C=O) groups excluding carboxylic acids is 1. The number of methoxy groups -OCH3 is 1. The summed E-state index contributed by atoms with van der Waals surface area (Å²) in [4.78, 5) is 11.3. The van der Waals surface area contributed by atoms with E-state index in [9.17, 15) is 4.79 Å². The summed E-state index contributed by atoms with van der Waals surface area (Å²) in [6.07, 6.45) is 5.05. The Morgan fingerprint density at radius 3 is 2.09 bits per heavy atom. The third-order valence-corrected chi connectivity index (χ3v) is 9.58. The topological polar surface area (TPSA) is 44.8 Å². The summed E-state index contributed by atoms with van der Waals surface area (Å²) < 4.78 is 17.6. The molecule has 0 radical (unpaired) electrons. The second-order valence-corrected chi connectivity index (χ2v) is 11.3. The van der Waals surface area contributed by atoms with E-state index in [0.29, 0.717) is 6.42 Å². The summed E-state index contributed by atoms with van der Waals surface area (Å²) in [5, 5.41) is 0. The first-order valence-electron chi connectivity index (χ1n) is 8.72. The number of carbonyl (C=O) groups is 1. The monoisotopic (exact) mass is 344 g/mol. The molecule has 0 heterocycles. The predicted octanol–water partition coefficient (Wildman–Crippen LogP) is 4.56. The maximum atomic E-state index is 11.3. The van der Waals surface area contributed by atoms with E-state index in [1.165, 1.54) is 0 Å². The Morgan fingerprint density at radius 2 is 1.70 bits per heavy atom. The molecule has 4 nitrogen and oxygen atoms in total. The van der Waals surface area contributed by atoms with Crippen molar-refractivity contribution in [1.82, 2.24) is 0 Å². The van der Waals surface area contributed by atoms with Gasteiger partial charge in [0.2, 0.25) is 0 Å². The van der Waals surface area contributed by atoms with Crippen molar-refractivity contribution in [2.75, 3.05) is 13.9 Å². The molecule has 0 saturated heterocycles. The van der Waals surface area contributed by atoms with E-state index in [0.717, 1.165) is 24.4 Å². The molecule has 0 amide bonds. The van der Waals surface area contributed by atoms with Crippen LogP contribution in [0.1, 0.15) is 48.0 Å². The van der Waals surface area contributed by atoms with E-state index in [1.54, 1.807) is 7.11 Å². The summed E-state index contributed by atoms with van der Waals surface area (Å²) >= 11 is 0. The van der Waals surface area contributed by atoms with E-state index in [1.807, 2.05) is 19.1 Å². The lowest BCUT2D eigenvalue weighted by Crippen LogP contribution is -2.49. The van der Waals surface area contributed by atoms with Crippen LogP contribution in [-0.2, 0) is 18.7 Å². The molecule has 0 fully saturated rings. The molecule has 0 spiro atoms. The molecule has 0 bridgehead atoms. The van der Waals surface area contributed by atoms with Gasteiger partial charge in [-0.05, 0) is 25.1 Å². The summed E-state index contributed by atoms with van der Waals surface area (Å²) in [5.41, 5.74) is -0.316. The number of ether oxygens (including phenoxy) is 2. The standard InChI is InChI=1S/C18H36O4Si/c1-8-12-16(21-15-20-7)18(5,6)17(13-14-19)22-23(9-2,10-3)11-4/h8,12,14,16-17H,9-11,13,15H2,1-7H3/b12-8+/t16-,17+/m1/s1.